The number of hydrogen-bond donors (Lipinski definition) is 1. The lowest BCUT2D eigenvalue weighted by Gasteiger charge is -2.15. The average Bonchev–Trinajstić information content (AvgIpc) is 3.36. The lowest BCUT2D eigenvalue weighted by molar-refractivity contribution is 0.356. The van der Waals surface area contributed by atoms with Crippen molar-refractivity contribution in [3.63, 3.8) is 0 Å². The second-order valence-corrected chi connectivity index (χ2v) is 8.55. The van der Waals surface area contributed by atoms with E-state index in [1.165, 1.54) is 0 Å². The smallest absolute Gasteiger partial charge is 0.240 e. The topological polar surface area (TPSA) is 68.5 Å². The molecule has 0 amide bonds. The molecule has 2 aromatic heterocycles. The lowest BCUT2D eigenvalue weighted by Crippen LogP contribution is -2.28. The summed E-state index contributed by atoms with van der Waals surface area (Å²) in [5.41, 5.74) is 0.934. The molecule has 0 spiro atoms. The molecule has 0 unspecified atom stereocenters. The summed E-state index contributed by atoms with van der Waals surface area (Å²) in [6, 6.07) is 12.6. The molecule has 0 saturated carbocycles. The Kier molecular flexibility index (Phi) is 4.37. The third-order valence-corrected chi connectivity index (χ3v) is 6.63. The van der Waals surface area contributed by atoms with E-state index < -0.39 is 10.0 Å². The van der Waals surface area contributed by atoms with Gasteiger partial charge in [-0.3, -0.25) is 0 Å². The largest absolute Gasteiger partial charge is 0.493 e. The van der Waals surface area contributed by atoms with Gasteiger partial charge in [0.2, 0.25) is 10.0 Å². The summed E-state index contributed by atoms with van der Waals surface area (Å²) in [5, 5.41) is 1.97. The lowest BCUT2D eigenvalue weighted by atomic mass is 10.1. The summed E-state index contributed by atoms with van der Waals surface area (Å²) in [4.78, 5) is 1.32. The Morgan fingerprint density at radius 2 is 2.12 bits per heavy atom. The zero-order valence-electron chi connectivity index (χ0n) is 13.3. The summed E-state index contributed by atoms with van der Waals surface area (Å²) >= 11 is 1.58. The molecular weight excluding hydrogens is 358 g/mol. The Balaban J connectivity index is 1.56. The Morgan fingerprint density at radius 3 is 2.88 bits per heavy atom. The first kappa shape index (κ1) is 16.4. The molecule has 0 bridgehead atoms. The van der Waals surface area contributed by atoms with Gasteiger partial charge in [0.25, 0.3) is 0 Å². The molecule has 3 aromatic rings. The second-order valence-electron chi connectivity index (χ2n) is 5.80. The van der Waals surface area contributed by atoms with E-state index in [1.807, 2.05) is 29.6 Å². The van der Waals surface area contributed by atoms with Crippen LogP contribution in [0.4, 0.5) is 0 Å². The number of furan rings is 1. The Bertz CT molecular complexity index is 913. The van der Waals surface area contributed by atoms with Crippen molar-refractivity contribution in [1.82, 2.24) is 4.72 Å². The third kappa shape index (κ3) is 3.35. The monoisotopic (exact) mass is 375 g/mol. The normalized spacial score (nSPS) is 14.9. The van der Waals surface area contributed by atoms with Crippen LogP contribution in [0.25, 0.3) is 0 Å². The van der Waals surface area contributed by atoms with Crippen LogP contribution in [0, 0.1) is 0 Å². The molecular formula is C18H17NO4S2. The minimum absolute atomic E-state index is 0.150. The molecule has 1 atom stereocenters. The first-order chi connectivity index (χ1) is 12.1. The number of nitrogens with one attached hydrogen (secondary N) is 1. The highest BCUT2D eigenvalue weighted by Crippen LogP contribution is 2.30. The van der Waals surface area contributed by atoms with Crippen molar-refractivity contribution in [1.29, 1.82) is 0 Å². The van der Waals surface area contributed by atoms with E-state index in [4.69, 9.17) is 9.15 Å². The molecule has 5 nitrogen and oxygen atoms in total. The van der Waals surface area contributed by atoms with Gasteiger partial charge in [-0.15, -0.1) is 11.3 Å². The van der Waals surface area contributed by atoms with Crippen molar-refractivity contribution in [3.05, 3.63) is 70.3 Å². The number of rotatable bonds is 6. The van der Waals surface area contributed by atoms with Gasteiger partial charge < -0.3 is 9.15 Å². The highest BCUT2D eigenvalue weighted by atomic mass is 32.2. The van der Waals surface area contributed by atoms with Gasteiger partial charge in [-0.05, 0) is 47.3 Å². The van der Waals surface area contributed by atoms with Gasteiger partial charge in [-0.1, -0.05) is 6.07 Å². The van der Waals surface area contributed by atoms with Gasteiger partial charge in [0, 0.05) is 17.8 Å². The van der Waals surface area contributed by atoms with E-state index in [9.17, 15) is 8.42 Å². The summed E-state index contributed by atoms with van der Waals surface area (Å²) in [6.07, 6.45) is 2.34. The van der Waals surface area contributed by atoms with Crippen LogP contribution in [0.15, 0.2) is 63.4 Å². The molecule has 0 radical (unpaired) electrons. The van der Waals surface area contributed by atoms with Gasteiger partial charge in [0.15, 0.2) is 0 Å². The zero-order valence-corrected chi connectivity index (χ0v) is 15.0. The van der Waals surface area contributed by atoms with Crippen molar-refractivity contribution in [2.24, 2.45) is 0 Å². The molecule has 1 aliphatic heterocycles. The van der Waals surface area contributed by atoms with Crippen LogP contribution in [0.2, 0.25) is 0 Å². The standard InChI is InChI=1S/C18H17NO4S2/c20-25(21,14-5-6-16-13(11-14)7-9-23-16)19-12-15(17-3-1-8-22-17)18-4-2-10-24-18/h1-6,8,10-11,15,19H,7,9,12H2/t15-/m1/s1. The van der Waals surface area contributed by atoms with Crippen molar-refractivity contribution in [2.75, 3.05) is 13.2 Å². The summed E-state index contributed by atoms with van der Waals surface area (Å²) in [7, 11) is -3.60. The highest BCUT2D eigenvalue weighted by Gasteiger charge is 2.23. The Morgan fingerprint density at radius 1 is 1.20 bits per heavy atom. The first-order valence-electron chi connectivity index (χ1n) is 7.96. The van der Waals surface area contributed by atoms with Crippen LogP contribution in [0.3, 0.4) is 0 Å². The van der Waals surface area contributed by atoms with E-state index in [2.05, 4.69) is 4.72 Å². The van der Waals surface area contributed by atoms with Crippen LogP contribution >= 0.6 is 11.3 Å². The minimum atomic E-state index is -3.60. The Hall–Kier alpha value is -2.09. The summed E-state index contributed by atoms with van der Waals surface area (Å²) in [5.74, 6) is 1.36. The third-order valence-electron chi connectivity index (χ3n) is 4.22. The van der Waals surface area contributed by atoms with Gasteiger partial charge in [-0.2, -0.15) is 0 Å². The van der Waals surface area contributed by atoms with Gasteiger partial charge >= 0.3 is 0 Å². The van der Waals surface area contributed by atoms with Crippen LogP contribution in [0.1, 0.15) is 22.1 Å². The molecule has 1 aromatic carbocycles. The molecule has 3 heterocycles. The SMILES string of the molecule is O=S(=O)(NC[C@H](c1ccco1)c1cccs1)c1ccc2c(c1)CCO2. The molecule has 1 aliphatic rings. The molecule has 0 saturated heterocycles. The van der Waals surface area contributed by atoms with Crippen molar-refractivity contribution >= 4 is 21.4 Å². The number of ether oxygens (including phenoxy) is 1. The van der Waals surface area contributed by atoms with E-state index in [-0.39, 0.29) is 17.4 Å². The van der Waals surface area contributed by atoms with E-state index >= 15 is 0 Å². The average molecular weight is 375 g/mol. The highest BCUT2D eigenvalue weighted by molar-refractivity contribution is 7.89. The number of fused-ring (bicyclic) bond motifs is 1. The number of benzene rings is 1. The number of sulfonamides is 1. The molecule has 25 heavy (non-hydrogen) atoms. The molecule has 130 valence electrons. The molecule has 4 rings (SSSR count). The number of hydrogen-bond acceptors (Lipinski definition) is 5. The maximum Gasteiger partial charge on any atom is 0.240 e. The van der Waals surface area contributed by atoms with Gasteiger partial charge in [0.05, 0.1) is 23.7 Å². The summed E-state index contributed by atoms with van der Waals surface area (Å²) < 4.78 is 39.1. The minimum Gasteiger partial charge on any atom is -0.493 e. The van der Waals surface area contributed by atoms with Gasteiger partial charge in [0.1, 0.15) is 11.5 Å². The quantitative estimate of drug-likeness (QED) is 0.717. The van der Waals surface area contributed by atoms with Crippen molar-refractivity contribution in [3.8, 4) is 5.75 Å². The van der Waals surface area contributed by atoms with Crippen LogP contribution < -0.4 is 9.46 Å². The Labute approximate surface area is 150 Å². The maximum atomic E-state index is 12.7. The molecule has 7 heteroatoms. The predicted octanol–water partition coefficient (Wildman–Crippen LogP) is 3.39. The van der Waals surface area contributed by atoms with E-state index in [0.717, 1.165) is 28.4 Å². The maximum absolute atomic E-state index is 12.7. The van der Waals surface area contributed by atoms with Crippen molar-refractivity contribution in [2.45, 2.75) is 17.2 Å². The first-order valence-corrected chi connectivity index (χ1v) is 10.3. The van der Waals surface area contributed by atoms with Crippen LogP contribution in [0.5, 0.6) is 5.75 Å². The number of thiophene rings is 1. The fourth-order valence-corrected chi connectivity index (χ4v) is 4.86. The van der Waals surface area contributed by atoms with Gasteiger partial charge in [-0.25, -0.2) is 13.1 Å². The van der Waals surface area contributed by atoms with E-state index in [1.54, 1.807) is 35.8 Å². The second kappa shape index (κ2) is 6.67. The fraction of sp³-hybridized carbons (Fsp3) is 0.222. The van der Waals surface area contributed by atoms with Crippen LogP contribution in [-0.4, -0.2) is 21.6 Å². The fourth-order valence-electron chi connectivity index (χ4n) is 2.93. The summed E-state index contributed by atoms with van der Waals surface area (Å²) in [6.45, 7) is 0.842. The molecule has 1 N–H and O–H groups in total. The van der Waals surface area contributed by atoms with Crippen LogP contribution in [-0.2, 0) is 16.4 Å². The predicted molar refractivity (Wildman–Crippen MR) is 95.7 cm³/mol. The van der Waals surface area contributed by atoms with E-state index in [0.29, 0.717) is 6.61 Å². The molecule has 0 aliphatic carbocycles. The van der Waals surface area contributed by atoms with Crippen molar-refractivity contribution < 1.29 is 17.6 Å². The zero-order chi connectivity index (χ0) is 17.3. The molecule has 0 fully saturated rings.